The molecule has 4 heterocycles. The zero-order valence-electron chi connectivity index (χ0n) is 14.0. The lowest BCUT2D eigenvalue weighted by Crippen LogP contribution is -2.11. The normalized spacial score (nSPS) is 14.3. The summed E-state index contributed by atoms with van der Waals surface area (Å²) in [5, 5.41) is 1.98. The van der Waals surface area contributed by atoms with Gasteiger partial charge in [0.25, 0.3) is 5.56 Å². The van der Waals surface area contributed by atoms with E-state index < -0.39 is 0 Å². The smallest absolute Gasteiger partial charge is 0.260 e. The molecule has 4 nitrogen and oxygen atoms in total. The van der Waals surface area contributed by atoms with Crippen LogP contribution in [0.3, 0.4) is 0 Å². The van der Waals surface area contributed by atoms with Gasteiger partial charge in [0, 0.05) is 32.8 Å². The molecule has 126 valence electrons. The summed E-state index contributed by atoms with van der Waals surface area (Å²) in [5.74, 6) is 2.74. The average molecular weight is 367 g/mol. The van der Waals surface area contributed by atoms with Gasteiger partial charge in [-0.15, -0.1) is 11.3 Å². The molecule has 1 aliphatic heterocycles. The van der Waals surface area contributed by atoms with E-state index in [0.29, 0.717) is 5.82 Å². The van der Waals surface area contributed by atoms with E-state index in [1.54, 1.807) is 11.3 Å². The molecular weight excluding hydrogens is 350 g/mol. The maximum absolute atomic E-state index is 12.7. The highest BCUT2D eigenvalue weighted by Crippen LogP contribution is 2.36. The number of hydrogen-bond acceptors (Lipinski definition) is 4. The standard InChI is InChI=1S/C19H17N3OS2/c1-9-10(2)20-14-4-3-11(7-13(9)14)17-21-18(23)16-12-5-6-24-8-15(12)25-19(16)22-17/h3-4,7,20H,5-6,8H2,1-2H3,(H,21,22,23). The van der Waals surface area contributed by atoms with Crippen LogP contribution in [0, 0.1) is 13.8 Å². The van der Waals surface area contributed by atoms with Crippen LogP contribution in [0.1, 0.15) is 21.7 Å². The minimum atomic E-state index is -0.00790. The van der Waals surface area contributed by atoms with Gasteiger partial charge in [-0.25, -0.2) is 4.98 Å². The summed E-state index contributed by atoms with van der Waals surface area (Å²) in [5.41, 5.74) is 5.69. The summed E-state index contributed by atoms with van der Waals surface area (Å²) in [6.07, 6.45) is 0.970. The van der Waals surface area contributed by atoms with Crippen molar-refractivity contribution in [2.45, 2.75) is 26.0 Å². The molecule has 1 aliphatic rings. The van der Waals surface area contributed by atoms with Crippen LogP contribution in [0.4, 0.5) is 0 Å². The van der Waals surface area contributed by atoms with Gasteiger partial charge in [-0.05, 0) is 55.3 Å². The third-order valence-corrected chi connectivity index (χ3v) is 7.35. The Hall–Kier alpha value is -2.05. The number of rotatable bonds is 1. The van der Waals surface area contributed by atoms with E-state index in [2.05, 4.69) is 35.9 Å². The second kappa shape index (κ2) is 5.47. The highest BCUT2D eigenvalue weighted by atomic mass is 32.2. The monoisotopic (exact) mass is 367 g/mol. The van der Waals surface area contributed by atoms with Gasteiger partial charge in [0.15, 0.2) is 0 Å². The van der Waals surface area contributed by atoms with Gasteiger partial charge in [0.1, 0.15) is 10.7 Å². The van der Waals surface area contributed by atoms with Crippen molar-refractivity contribution in [1.82, 2.24) is 15.0 Å². The van der Waals surface area contributed by atoms with Crippen molar-refractivity contribution in [3.63, 3.8) is 0 Å². The Bertz CT molecular complexity index is 1200. The van der Waals surface area contributed by atoms with Crippen molar-refractivity contribution in [3.05, 3.63) is 50.3 Å². The number of nitrogens with one attached hydrogen (secondary N) is 2. The predicted octanol–water partition coefficient (Wildman–Crippen LogP) is 4.54. The Morgan fingerprint density at radius 3 is 2.96 bits per heavy atom. The van der Waals surface area contributed by atoms with Crippen molar-refractivity contribution >= 4 is 44.2 Å². The van der Waals surface area contributed by atoms with Crippen molar-refractivity contribution in [2.75, 3.05) is 5.75 Å². The molecule has 0 fully saturated rings. The fourth-order valence-corrected chi connectivity index (χ4v) is 5.93. The first-order valence-corrected chi connectivity index (χ1v) is 10.3. The van der Waals surface area contributed by atoms with Gasteiger partial charge in [-0.3, -0.25) is 4.79 Å². The number of aromatic nitrogens is 3. The summed E-state index contributed by atoms with van der Waals surface area (Å²) in [6, 6.07) is 6.19. The number of aromatic amines is 2. The number of benzene rings is 1. The molecule has 0 saturated carbocycles. The molecule has 2 N–H and O–H groups in total. The quantitative estimate of drug-likeness (QED) is 0.519. The first-order valence-electron chi connectivity index (χ1n) is 8.33. The molecule has 0 unspecified atom stereocenters. The van der Waals surface area contributed by atoms with Gasteiger partial charge < -0.3 is 9.97 Å². The molecule has 0 saturated heterocycles. The Labute approximate surface area is 152 Å². The number of H-pyrrole nitrogens is 2. The van der Waals surface area contributed by atoms with Crippen LogP contribution in [-0.4, -0.2) is 20.7 Å². The molecule has 5 rings (SSSR count). The summed E-state index contributed by atoms with van der Waals surface area (Å²) in [4.78, 5) is 26.1. The zero-order chi connectivity index (χ0) is 17.1. The van der Waals surface area contributed by atoms with Crippen LogP contribution in [0.15, 0.2) is 23.0 Å². The number of thioether (sulfide) groups is 1. The van der Waals surface area contributed by atoms with E-state index in [0.717, 1.165) is 39.2 Å². The summed E-state index contributed by atoms with van der Waals surface area (Å²) < 4.78 is 0. The second-order valence-electron chi connectivity index (χ2n) is 6.54. The lowest BCUT2D eigenvalue weighted by atomic mass is 10.1. The molecule has 0 atom stereocenters. The molecule has 0 aliphatic carbocycles. The Morgan fingerprint density at radius 1 is 1.20 bits per heavy atom. The topological polar surface area (TPSA) is 61.5 Å². The van der Waals surface area contributed by atoms with Crippen molar-refractivity contribution < 1.29 is 0 Å². The van der Waals surface area contributed by atoms with Gasteiger partial charge in [-0.2, -0.15) is 11.8 Å². The van der Waals surface area contributed by atoms with Gasteiger partial charge in [-0.1, -0.05) is 0 Å². The molecule has 0 spiro atoms. The number of thiophene rings is 1. The maximum atomic E-state index is 12.7. The minimum Gasteiger partial charge on any atom is -0.358 e. The van der Waals surface area contributed by atoms with Gasteiger partial charge in [0.2, 0.25) is 0 Å². The second-order valence-corrected chi connectivity index (χ2v) is 8.73. The lowest BCUT2D eigenvalue weighted by Gasteiger charge is -2.09. The van der Waals surface area contributed by atoms with Crippen LogP contribution in [0.2, 0.25) is 0 Å². The van der Waals surface area contributed by atoms with Crippen LogP contribution >= 0.6 is 23.1 Å². The highest BCUT2D eigenvalue weighted by Gasteiger charge is 2.20. The number of fused-ring (bicyclic) bond motifs is 4. The summed E-state index contributed by atoms with van der Waals surface area (Å²) in [7, 11) is 0. The van der Waals surface area contributed by atoms with E-state index in [1.165, 1.54) is 27.1 Å². The fraction of sp³-hybridized carbons (Fsp3) is 0.263. The number of aryl methyl sites for hydroxylation is 3. The van der Waals surface area contributed by atoms with Crippen molar-refractivity contribution in [3.8, 4) is 11.4 Å². The van der Waals surface area contributed by atoms with Crippen LogP contribution in [0.25, 0.3) is 32.5 Å². The van der Waals surface area contributed by atoms with Crippen LogP contribution in [0.5, 0.6) is 0 Å². The van der Waals surface area contributed by atoms with Crippen LogP contribution < -0.4 is 5.56 Å². The third-order valence-electron chi connectivity index (χ3n) is 5.06. The molecule has 3 aromatic heterocycles. The first-order chi connectivity index (χ1) is 12.1. The molecule has 25 heavy (non-hydrogen) atoms. The Morgan fingerprint density at radius 2 is 2.08 bits per heavy atom. The summed E-state index contributed by atoms with van der Waals surface area (Å²) >= 11 is 3.61. The van der Waals surface area contributed by atoms with Crippen LogP contribution in [-0.2, 0) is 12.2 Å². The zero-order valence-corrected chi connectivity index (χ0v) is 15.7. The molecule has 0 radical (unpaired) electrons. The molecule has 0 bridgehead atoms. The highest BCUT2D eigenvalue weighted by molar-refractivity contribution is 7.98. The van der Waals surface area contributed by atoms with E-state index in [9.17, 15) is 4.79 Å². The van der Waals surface area contributed by atoms with E-state index in [-0.39, 0.29) is 5.56 Å². The Balaban J connectivity index is 1.73. The lowest BCUT2D eigenvalue weighted by molar-refractivity contribution is 1.11. The molecule has 4 aromatic rings. The number of nitrogens with zero attached hydrogens (tertiary/aromatic N) is 1. The van der Waals surface area contributed by atoms with E-state index in [1.807, 2.05) is 17.8 Å². The van der Waals surface area contributed by atoms with Gasteiger partial charge in [0.05, 0.1) is 5.39 Å². The maximum Gasteiger partial charge on any atom is 0.260 e. The third kappa shape index (κ3) is 2.28. The largest absolute Gasteiger partial charge is 0.358 e. The number of hydrogen-bond donors (Lipinski definition) is 2. The molecule has 0 amide bonds. The summed E-state index contributed by atoms with van der Waals surface area (Å²) in [6.45, 7) is 4.19. The molecular formula is C19H17N3OS2. The Kier molecular flexibility index (Phi) is 3.33. The molecule has 6 heteroatoms. The van der Waals surface area contributed by atoms with E-state index >= 15 is 0 Å². The minimum absolute atomic E-state index is 0.00790. The van der Waals surface area contributed by atoms with E-state index in [4.69, 9.17) is 4.98 Å². The van der Waals surface area contributed by atoms with Crippen molar-refractivity contribution in [1.29, 1.82) is 0 Å². The predicted molar refractivity (Wildman–Crippen MR) is 107 cm³/mol. The van der Waals surface area contributed by atoms with Crippen molar-refractivity contribution in [2.24, 2.45) is 0 Å². The first kappa shape index (κ1) is 15.2. The average Bonchev–Trinajstić information content (AvgIpc) is 3.12. The molecule has 1 aromatic carbocycles. The van der Waals surface area contributed by atoms with Gasteiger partial charge >= 0.3 is 0 Å². The fourth-order valence-electron chi connectivity index (χ4n) is 3.58. The SMILES string of the molecule is Cc1[nH]c2ccc(-c3nc4sc5c(c4c(=O)[nH]3)CCSC5)cc2c1C.